The first kappa shape index (κ1) is 16.7. The summed E-state index contributed by atoms with van der Waals surface area (Å²) in [5.74, 6) is -0.495. The number of hydrogen-bond acceptors (Lipinski definition) is 4. The highest BCUT2D eigenvalue weighted by Crippen LogP contribution is 2.27. The molecule has 1 saturated heterocycles. The number of halogens is 1. The van der Waals surface area contributed by atoms with Crippen LogP contribution in [0.5, 0.6) is 0 Å². The molecule has 0 bridgehead atoms. The largest absolute Gasteiger partial charge is 0.376 e. The molecule has 0 saturated carbocycles. The van der Waals surface area contributed by atoms with Crippen LogP contribution in [0.1, 0.15) is 24.4 Å². The molecule has 4 rings (SSSR count). The Bertz CT molecular complexity index is 903. The fourth-order valence-corrected chi connectivity index (χ4v) is 3.32. The molecular weight excluding hydrogens is 335 g/mol. The minimum atomic E-state index is -0.319. The summed E-state index contributed by atoms with van der Waals surface area (Å²) in [4.78, 5) is 12.6. The maximum absolute atomic E-state index is 13.3. The van der Waals surface area contributed by atoms with Crippen LogP contribution in [-0.4, -0.2) is 33.6 Å². The fourth-order valence-electron chi connectivity index (χ4n) is 3.32. The molecule has 2 heterocycles. The van der Waals surface area contributed by atoms with Crippen molar-refractivity contribution in [2.75, 3.05) is 6.61 Å². The summed E-state index contributed by atoms with van der Waals surface area (Å²) in [6.45, 7) is 0.733. The molecule has 1 aliphatic rings. The van der Waals surface area contributed by atoms with E-state index in [1.54, 1.807) is 16.8 Å². The number of ether oxygens (including phenoxy) is 1. The number of aromatic nitrogens is 3. The van der Waals surface area contributed by atoms with E-state index in [0.29, 0.717) is 6.61 Å². The lowest BCUT2D eigenvalue weighted by Gasteiger charge is -2.24. The predicted molar refractivity (Wildman–Crippen MR) is 93.8 cm³/mol. The minimum Gasteiger partial charge on any atom is -0.376 e. The first-order valence-corrected chi connectivity index (χ1v) is 8.65. The van der Waals surface area contributed by atoms with Gasteiger partial charge < -0.3 is 10.1 Å². The molecule has 26 heavy (non-hydrogen) atoms. The smallest absolute Gasteiger partial charge is 0.242 e. The predicted octanol–water partition coefficient (Wildman–Crippen LogP) is 2.61. The van der Waals surface area contributed by atoms with Gasteiger partial charge in [0.05, 0.1) is 17.7 Å². The summed E-state index contributed by atoms with van der Waals surface area (Å²) in [7, 11) is 0. The zero-order chi connectivity index (χ0) is 17.9. The van der Waals surface area contributed by atoms with Gasteiger partial charge in [-0.1, -0.05) is 29.5 Å². The van der Waals surface area contributed by atoms with E-state index < -0.39 is 0 Å². The Kier molecular flexibility index (Phi) is 4.62. The van der Waals surface area contributed by atoms with Crippen molar-refractivity contribution in [3.63, 3.8) is 0 Å². The summed E-state index contributed by atoms with van der Waals surface area (Å²) in [5, 5.41) is 11.1. The number of para-hydroxylation sites is 1. The second kappa shape index (κ2) is 7.21. The van der Waals surface area contributed by atoms with Gasteiger partial charge in [-0.25, -0.2) is 9.07 Å². The van der Waals surface area contributed by atoms with Crippen LogP contribution in [0, 0.1) is 5.82 Å². The molecule has 0 spiro atoms. The molecule has 2 atom stereocenters. The van der Waals surface area contributed by atoms with Gasteiger partial charge in [0, 0.05) is 6.61 Å². The Morgan fingerprint density at radius 2 is 2.08 bits per heavy atom. The number of carbonyl (C=O) groups is 1. The molecule has 1 N–H and O–H groups in total. The van der Waals surface area contributed by atoms with Crippen molar-refractivity contribution in [3.8, 4) is 0 Å². The normalized spacial score (nSPS) is 18.1. The Labute approximate surface area is 150 Å². The zero-order valence-electron chi connectivity index (χ0n) is 14.1. The van der Waals surface area contributed by atoms with Crippen LogP contribution in [0.15, 0.2) is 48.5 Å². The van der Waals surface area contributed by atoms with E-state index in [-0.39, 0.29) is 30.4 Å². The number of nitrogens with zero attached hydrogens (tertiary/aromatic N) is 3. The Morgan fingerprint density at radius 3 is 2.85 bits per heavy atom. The SMILES string of the molecule is O=C(Cn1nnc2ccccc21)N[C@@H](c1ccc(F)cc1)[C@H]1CCCO1. The molecule has 1 aromatic heterocycles. The van der Waals surface area contributed by atoms with Crippen LogP contribution in [0.25, 0.3) is 11.0 Å². The first-order valence-electron chi connectivity index (χ1n) is 8.65. The first-order chi connectivity index (χ1) is 12.7. The number of nitrogens with one attached hydrogen (secondary N) is 1. The Morgan fingerprint density at radius 1 is 1.27 bits per heavy atom. The maximum Gasteiger partial charge on any atom is 0.242 e. The van der Waals surface area contributed by atoms with Crippen LogP contribution in [-0.2, 0) is 16.1 Å². The number of fused-ring (bicyclic) bond motifs is 1. The second-order valence-electron chi connectivity index (χ2n) is 6.38. The summed E-state index contributed by atoms with van der Waals surface area (Å²) >= 11 is 0. The van der Waals surface area contributed by atoms with Gasteiger partial charge in [-0.2, -0.15) is 0 Å². The Balaban J connectivity index is 1.53. The lowest BCUT2D eigenvalue weighted by atomic mass is 9.99. The van der Waals surface area contributed by atoms with Crippen molar-refractivity contribution in [1.82, 2.24) is 20.3 Å². The van der Waals surface area contributed by atoms with E-state index in [1.807, 2.05) is 24.3 Å². The van der Waals surface area contributed by atoms with E-state index in [1.165, 1.54) is 12.1 Å². The van der Waals surface area contributed by atoms with E-state index >= 15 is 0 Å². The van der Waals surface area contributed by atoms with Gasteiger partial charge in [0.2, 0.25) is 5.91 Å². The molecule has 1 aliphatic heterocycles. The number of carbonyl (C=O) groups excluding carboxylic acids is 1. The second-order valence-corrected chi connectivity index (χ2v) is 6.38. The van der Waals surface area contributed by atoms with E-state index in [4.69, 9.17) is 4.74 Å². The van der Waals surface area contributed by atoms with Gasteiger partial charge in [-0.15, -0.1) is 5.10 Å². The number of hydrogen-bond donors (Lipinski definition) is 1. The molecule has 3 aromatic rings. The van der Waals surface area contributed by atoms with Gasteiger partial charge in [-0.3, -0.25) is 4.79 Å². The van der Waals surface area contributed by atoms with Crippen LogP contribution < -0.4 is 5.32 Å². The molecule has 1 amide bonds. The van der Waals surface area contributed by atoms with Crippen molar-refractivity contribution >= 4 is 16.9 Å². The molecule has 0 radical (unpaired) electrons. The van der Waals surface area contributed by atoms with Crippen LogP contribution in [0.3, 0.4) is 0 Å². The number of amides is 1. The standard InChI is InChI=1S/C19H19FN4O2/c20-14-9-7-13(8-10-14)19(17-6-3-11-26-17)21-18(25)12-24-16-5-2-1-4-15(16)22-23-24/h1-2,4-5,7-10,17,19H,3,6,11-12H2,(H,21,25)/t17-,19+/m1/s1. The Hall–Kier alpha value is -2.80. The van der Waals surface area contributed by atoms with Gasteiger partial charge >= 0.3 is 0 Å². The molecule has 0 unspecified atom stereocenters. The molecule has 6 nitrogen and oxygen atoms in total. The highest BCUT2D eigenvalue weighted by molar-refractivity contribution is 5.80. The average Bonchev–Trinajstić information content (AvgIpc) is 3.31. The highest BCUT2D eigenvalue weighted by Gasteiger charge is 2.29. The van der Waals surface area contributed by atoms with Crippen LogP contribution in [0.2, 0.25) is 0 Å². The van der Waals surface area contributed by atoms with Gasteiger partial charge in [0.25, 0.3) is 0 Å². The van der Waals surface area contributed by atoms with Crippen molar-refractivity contribution < 1.29 is 13.9 Å². The minimum absolute atomic E-state index is 0.0604. The van der Waals surface area contributed by atoms with Crippen molar-refractivity contribution in [2.24, 2.45) is 0 Å². The van der Waals surface area contributed by atoms with Crippen molar-refractivity contribution in [3.05, 3.63) is 59.9 Å². The summed E-state index contributed by atoms with van der Waals surface area (Å²) in [6, 6.07) is 13.3. The maximum atomic E-state index is 13.3. The van der Waals surface area contributed by atoms with E-state index in [0.717, 1.165) is 29.4 Å². The number of rotatable bonds is 5. The number of benzene rings is 2. The quantitative estimate of drug-likeness (QED) is 0.765. The third-order valence-corrected chi connectivity index (χ3v) is 4.60. The summed E-state index contributed by atoms with van der Waals surface area (Å²) in [5.41, 5.74) is 2.38. The molecular formula is C19H19FN4O2. The molecule has 7 heteroatoms. The van der Waals surface area contributed by atoms with Crippen molar-refractivity contribution in [1.29, 1.82) is 0 Å². The average molecular weight is 354 g/mol. The lowest BCUT2D eigenvalue weighted by molar-refractivity contribution is -0.123. The third-order valence-electron chi connectivity index (χ3n) is 4.60. The van der Waals surface area contributed by atoms with E-state index in [2.05, 4.69) is 15.6 Å². The molecule has 0 aliphatic carbocycles. The highest BCUT2D eigenvalue weighted by atomic mass is 19.1. The van der Waals surface area contributed by atoms with Gasteiger partial charge in [-0.05, 0) is 42.7 Å². The van der Waals surface area contributed by atoms with Gasteiger partial charge in [0.15, 0.2) is 0 Å². The summed E-state index contributed by atoms with van der Waals surface area (Å²) in [6.07, 6.45) is 1.69. The molecule has 2 aromatic carbocycles. The zero-order valence-corrected chi connectivity index (χ0v) is 14.1. The van der Waals surface area contributed by atoms with Crippen LogP contribution >= 0.6 is 0 Å². The van der Waals surface area contributed by atoms with E-state index in [9.17, 15) is 9.18 Å². The van der Waals surface area contributed by atoms with Gasteiger partial charge in [0.1, 0.15) is 17.9 Å². The summed E-state index contributed by atoms with van der Waals surface area (Å²) < 4.78 is 20.6. The fraction of sp³-hybridized carbons (Fsp3) is 0.316. The topological polar surface area (TPSA) is 69.0 Å². The lowest BCUT2D eigenvalue weighted by Crippen LogP contribution is -2.38. The van der Waals surface area contributed by atoms with Crippen molar-refractivity contribution in [2.45, 2.75) is 31.5 Å². The monoisotopic (exact) mass is 354 g/mol. The molecule has 134 valence electrons. The van der Waals surface area contributed by atoms with Crippen LogP contribution in [0.4, 0.5) is 4.39 Å². The third kappa shape index (κ3) is 3.43. The molecule has 1 fully saturated rings.